The molecular weight excluding hydrogens is 292 g/mol. The normalized spacial score (nSPS) is 16.0. The molecule has 0 aliphatic carbocycles. The van der Waals surface area contributed by atoms with Crippen LogP contribution in [0.5, 0.6) is 0 Å². The lowest BCUT2D eigenvalue weighted by Crippen LogP contribution is -2.31. The number of piperidine rings is 1. The molecule has 1 aromatic heterocycles. The summed E-state index contributed by atoms with van der Waals surface area (Å²) in [5.74, 6) is 1.21. The number of nitrogens with two attached hydrogens (primary N) is 1. The third-order valence-electron chi connectivity index (χ3n) is 3.42. The highest BCUT2D eigenvalue weighted by molar-refractivity contribution is 7.91. The molecule has 1 saturated heterocycles. The first-order chi connectivity index (χ1) is 10.00. The van der Waals surface area contributed by atoms with Gasteiger partial charge in [-0.05, 0) is 19.3 Å². The maximum Gasteiger partial charge on any atom is 0.231 e. The molecule has 0 radical (unpaired) electrons. The van der Waals surface area contributed by atoms with Gasteiger partial charge < -0.3 is 16.0 Å². The van der Waals surface area contributed by atoms with Crippen LogP contribution in [0.2, 0.25) is 0 Å². The molecule has 1 aliphatic heterocycles. The molecule has 2 heterocycles. The first-order valence-electron chi connectivity index (χ1n) is 7.21. The van der Waals surface area contributed by atoms with Gasteiger partial charge in [0, 0.05) is 25.4 Å². The summed E-state index contributed by atoms with van der Waals surface area (Å²) in [6.07, 6.45) is 3.45. The van der Waals surface area contributed by atoms with Gasteiger partial charge in [-0.3, -0.25) is 0 Å². The fourth-order valence-electron chi connectivity index (χ4n) is 2.16. The first kappa shape index (κ1) is 15.7. The highest BCUT2D eigenvalue weighted by Gasteiger charge is 2.15. The highest BCUT2D eigenvalue weighted by Crippen LogP contribution is 2.17. The van der Waals surface area contributed by atoms with E-state index in [1.165, 1.54) is 6.42 Å². The second-order valence-corrected chi connectivity index (χ2v) is 7.50. The van der Waals surface area contributed by atoms with Gasteiger partial charge >= 0.3 is 0 Å². The van der Waals surface area contributed by atoms with Crippen molar-refractivity contribution in [2.24, 2.45) is 0 Å². The van der Waals surface area contributed by atoms with E-state index in [9.17, 15) is 8.42 Å². The fraction of sp³-hybridized carbons (Fsp3) is 0.750. The average Bonchev–Trinajstić information content (AvgIpc) is 2.47. The molecule has 1 aliphatic rings. The van der Waals surface area contributed by atoms with Crippen LogP contribution in [0.15, 0.2) is 0 Å². The third kappa shape index (κ3) is 4.69. The number of nitrogen functional groups attached to an aromatic ring is 1. The van der Waals surface area contributed by atoms with Gasteiger partial charge in [-0.15, -0.1) is 0 Å². The maximum atomic E-state index is 11.4. The summed E-state index contributed by atoms with van der Waals surface area (Å²) >= 11 is 0. The number of rotatable bonds is 6. The van der Waals surface area contributed by atoms with Crippen molar-refractivity contribution in [2.75, 3.05) is 47.1 Å². The largest absolute Gasteiger partial charge is 0.368 e. The molecule has 0 atom stereocenters. The van der Waals surface area contributed by atoms with Crippen LogP contribution in [0.3, 0.4) is 0 Å². The van der Waals surface area contributed by atoms with Crippen LogP contribution in [-0.2, 0) is 9.84 Å². The molecule has 9 heteroatoms. The van der Waals surface area contributed by atoms with E-state index in [4.69, 9.17) is 5.73 Å². The van der Waals surface area contributed by atoms with E-state index in [1.54, 1.807) is 6.92 Å². The molecule has 8 nitrogen and oxygen atoms in total. The molecule has 0 amide bonds. The van der Waals surface area contributed by atoms with Gasteiger partial charge in [0.25, 0.3) is 0 Å². The topological polar surface area (TPSA) is 114 Å². The van der Waals surface area contributed by atoms with Crippen LogP contribution in [0.25, 0.3) is 0 Å². The standard InChI is InChI=1S/C12H22N6O2S/c1-2-21(19,20)9-6-14-11-15-10(13)16-12(17-11)18-7-4-3-5-8-18/h2-9H2,1H3,(H3,13,14,15,16,17). The Morgan fingerprint density at radius 3 is 2.57 bits per heavy atom. The number of hydrogen-bond donors (Lipinski definition) is 2. The number of hydrogen-bond acceptors (Lipinski definition) is 8. The molecule has 118 valence electrons. The first-order valence-corrected chi connectivity index (χ1v) is 9.03. The number of nitrogens with one attached hydrogen (secondary N) is 1. The average molecular weight is 314 g/mol. The molecule has 0 aromatic carbocycles. The Morgan fingerprint density at radius 1 is 1.19 bits per heavy atom. The molecule has 21 heavy (non-hydrogen) atoms. The van der Waals surface area contributed by atoms with E-state index in [-0.39, 0.29) is 24.0 Å². The van der Waals surface area contributed by atoms with E-state index in [2.05, 4.69) is 25.2 Å². The molecule has 0 saturated carbocycles. The van der Waals surface area contributed by atoms with Gasteiger partial charge in [-0.25, -0.2) is 8.42 Å². The minimum atomic E-state index is -3.01. The van der Waals surface area contributed by atoms with E-state index in [1.807, 2.05) is 0 Å². The summed E-state index contributed by atoms with van der Waals surface area (Å²) in [5.41, 5.74) is 5.70. The summed E-state index contributed by atoms with van der Waals surface area (Å²) in [6, 6.07) is 0. The van der Waals surface area contributed by atoms with Crippen LogP contribution in [0.4, 0.5) is 17.8 Å². The van der Waals surface area contributed by atoms with Crippen molar-refractivity contribution in [3.8, 4) is 0 Å². The van der Waals surface area contributed by atoms with Crippen LogP contribution in [0, 0.1) is 0 Å². The van der Waals surface area contributed by atoms with Crippen molar-refractivity contribution in [3.05, 3.63) is 0 Å². The summed E-state index contributed by atoms with van der Waals surface area (Å²) in [4.78, 5) is 14.6. The van der Waals surface area contributed by atoms with Crippen molar-refractivity contribution in [1.29, 1.82) is 0 Å². The number of sulfone groups is 1. The lowest BCUT2D eigenvalue weighted by atomic mass is 10.1. The Balaban J connectivity index is 2.01. The molecule has 0 spiro atoms. The molecule has 0 bridgehead atoms. The Hall–Kier alpha value is -1.64. The Labute approximate surface area is 125 Å². The van der Waals surface area contributed by atoms with Crippen LogP contribution >= 0.6 is 0 Å². The molecule has 3 N–H and O–H groups in total. The number of aromatic nitrogens is 3. The minimum absolute atomic E-state index is 0.0497. The zero-order valence-electron chi connectivity index (χ0n) is 12.2. The van der Waals surface area contributed by atoms with E-state index >= 15 is 0 Å². The summed E-state index contributed by atoms with van der Waals surface area (Å²) < 4.78 is 22.9. The zero-order chi connectivity index (χ0) is 15.3. The van der Waals surface area contributed by atoms with Crippen LogP contribution < -0.4 is 16.0 Å². The predicted octanol–water partition coefficient (Wildman–Crippen LogP) is 0.291. The quantitative estimate of drug-likeness (QED) is 0.770. The Morgan fingerprint density at radius 2 is 1.90 bits per heavy atom. The monoisotopic (exact) mass is 314 g/mol. The SMILES string of the molecule is CCS(=O)(=O)CCNc1nc(N)nc(N2CCCCC2)n1. The predicted molar refractivity (Wildman–Crippen MR) is 83.1 cm³/mol. The fourth-order valence-corrected chi connectivity index (χ4v) is 2.86. The van der Waals surface area contributed by atoms with Gasteiger partial charge in [-0.2, -0.15) is 15.0 Å². The number of anilines is 3. The van der Waals surface area contributed by atoms with Gasteiger partial charge in [0.1, 0.15) is 0 Å². The minimum Gasteiger partial charge on any atom is -0.368 e. The van der Waals surface area contributed by atoms with E-state index < -0.39 is 9.84 Å². The summed E-state index contributed by atoms with van der Waals surface area (Å²) in [6.45, 7) is 3.71. The van der Waals surface area contributed by atoms with Crippen LogP contribution in [-0.4, -0.2) is 54.5 Å². The van der Waals surface area contributed by atoms with Gasteiger partial charge in [0.05, 0.1) is 5.75 Å². The molecule has 0 unspecified atom stereocenters. The second-order valence-electron chi connectivity index (χ2n) is 5.03. The van der Waals surface area contributed by atoms with Crippen LogP contribution in [0.1, 0.15) is 26.2 Å². The lowest BCUT2D eigenvalue weighted by molar-refractivity contribution is 0.568. The third-order valence-corrected chi connectivity index (χ3v) is 5.12. The maximum absolute atomic E-state index is 11.4. The lowest BCUT2D eigenvalue weighted by Gasteiger charge is -2.26. The molecule has 1 fully saturated rings. The molecular formula is C12H22N6O2S. The summed E-state index contributed by atoms with van der Waals surface area (Å²) in [7, 11) is -3.01. The van der Waals surface area contributed by atoms with Crippen molar-refractivity contribution < 1.29 is 8.42 Å². The van der Waals surface area contributed by atoms with Gasteiger partial charge in [-0.1, -0.05) is 6.92 Å². The molecule has 2 rings (SSSR count). The highest BCUT2D eigenvalue weighted by atomic mass is 32.2. The van der Waals surface area contributed by atoms with E-state index in [0.29, 0.717) is 11.9 Å². The second kappa shape index (κ2) is 6.88. The Kier molecular flexibility index (Phi) is 5.16. The molecule has 1 aromatic rings. The number of nitrogens with zero attached hydrogens (tertiary/aromatic N) is 4. The van der Waals surface area contributed by atoms with Crippen molar-refractivity contribution in [2.45, 2.75) is 26.2 Å². The van der Waals surface area contributed by atoms with Crippen molar-refractivity contribution >= 4 is 27.7 Å². The van der Waals surface area contributed by atoms with Crippen molar-refractivity contribution in [1.82, 2.24) is 15.0 Å². The Bertz CT molecular complexity index is 571. The van der Waals surface area contributed by atoms with Gasteiger partial charge in [0.2, 0.25) is 17.8 Å². The summed E-state index contributed by atoms with van der Waals surface area (Å²) in [5, 5.41) is 2.91. The smallest absolute Gasteiger partial charge is 0.231 e. The zero-order valence-corrected chi connectivity index (χ0v) is 13.1. The van der Waals surface area contributed by atoms with E-state index in [0.717, 1.165) is 25.9 Å². The van der Waals surface area contributed by atoms with Gasteiger partial charge in [0.15, 0.2) is 9.84 Å². The van der Waals surface area contributed by atoms with Crippen molar-refractivity contribution in [3.63, 3.8) is 0 Å².